The Labute approximate surface area is 133 Å². The van der Waals surface area contributed by atoms with E-state index >= 15 is 0 Å². The van der Waals surface area contributed by atoms with Crippen molar-refractivity contribution < 1.29 is 9.72 Å². The van der Waals surface area contributed by atoms with Crippen LogP contribution in [0.25, 0.3) is 0 Å². The van der Waals surface area contributed by atoms with E-state index in [1.165, 1.54) is 0 Å². The van der Waals surface area contributed by atoms with Crippen LogP contribution < -0.4 is 5.32 Å². The highest BCUT2D eigenvalue weighted by Gasteiger charge is 2.20. The SMILES string of the molecule is CCCCCC(C)NC(=O)c1cc([N+](=O)[O-])cc(Cl)c1Cl. The van der Waals surface area contributed by atoms with Gasteiger partial charge in [-0.1, -0.05) is 49.4 Å². The summed E-state index contributed by atoms with van der Waals surface area (Å²) in [4.78, 5) is 22.4. The molecule has 5 nitrogen and oxygen atoms in total. The van der Waals surface area contributed by atoms with Gasteiger partial charge >= 0.3 is 0 Å². The zero-order chi connectivity index (χ0) is 16.0. The van der Waals surface area contributed by atoms with Gasteiger partial charge in [-0.2, -0.15) is 0 Å². The van der Waals surface area contributed by atoms with Crippen LogP contribution in [0.4, 0.5) is 5.69 Å². The maximum Gasteiger partial charge on any atom is 0.271 e. The first-order valence-corrected chi connectivity index (χ1v) is 7.56. The summed E-state index contributed by atoms with van der Waals surface area (Å²) in [6.45, 7) is 3.99. The third-order valence-corrected chi connectivity index (χ3v) is 3.89. The molecule has 1 rings (SSSR count). The first-order valence-electron chi connectivity index (χ1n) is 6.81. The van der Waals surface area contributed by atoms with E-state index in [0.29, 0.717) is 0 Å². The number of amides is 1. The predicted molar refractivity (Wildman–Crippen MR) is 84.2 cm³/mol. The number of hydrogen-bond donors (Lipinski definition) is 1. The lowest BCUT2D eigenvalue weighted by molar-refractivity contribution is -0.384. The van der Waals surface area contributed by atoms with Crippen molar-refractivity contribution in [2.24, 2.45) is 0 Å². The number of nitro benzene ring substituents is 1. The van der Waals surface area contributed by atoms with Gasteiger partial charge in [-0.15, -0.1) is 0 Å². The molecule has 0 bridgehead atoms. The molecule has 0 heterocycles. The summed E-state index contributed by atoms with van der Waals surface area (Å²) in [5.74, 6) is -0.449. The Morgan fingerprint density at radius 2 is 2.05 bits per heavy atom. The first kappa shape index (κ1) is 17.7. The van der Waals surface area contributed by atoms with Crippen molar-refractivity contribution in [2.45, 2.75) is 45.6 Å². The molecular formula is C14H18Cl2N2O3. The Balaban J connectivity index is 2.84. The van der Waals surface area contributed by atoms with Crippen molar-refractivity contribution in [2.75, 3.05) is 0 Å². The zero-order valence-corrected chi connectivity index (χ0v) is 13.5. The third kappa shape index (κ3) is 5.17. The molecule has 0 radical (unpaired) electrons. The highest BCUT2D eigenvalue weighted by atomic mass is 35.5. The largest absolute Gasteiger partial charge is 0.350 e. The van der Waals surface area contributed by atoms with Crippen LogP contribution in [0.1, 0.15) is 49.9 Å². The fourth-order valence-electron chi connectivity index (χ4n) is 1.92. The van der Waals surface area contributed by atoms with E-state index in [-0.39, 0.29) is 27.3 Å². The average molecular weight is 333 g/mol. The van der Waals surface area contributed by atoms with E-state index in [1.807, 2.05) is 6.92 Å². The molecule has 7 heteroatoms. The van der Waals surface area contributed by atoms with E-state index < -0.39 is 10.8 Å². The average Bonchev–Trinajstić information content (AvgIpc) is 2.41. The molecule has 21 heavy (non-hydrogen) atoms. The number of carbonyl (C=O) groups is 1. The minimum atomic E-state index is -0.607. The van der Waals surface area contributed by atoms with Crippen molar-refractivity contribution in [3.8, 4) is 0 Å². The molecule has 1 amide bonds. The Morgan fingerprint density at radius 1 is 1.38 bits per heavy atom. The van der Waals surface area contributed by atoms with Crippen LogP contribution in [0.3, 0.4) is 0 Å². The zero-order valence-electron chi connectivity index (χ0n) is 12.0. The van der Waals surface area contributed by atoms with Gasteiger partial charge in [0.05, 0.1) is 20.5 Å². The maximum absolute atomic E-state index is 12.2. The van der Waals surface area contributed by atoms with E-state index in [0.717, 1.165) is 37.8 Å². The van der Waals surface area contributed by atoms with Gasteiger partial charge in [0.2, 0.25) is 0 Å². The molecule has 0 aliphatic heterocycles. The fourth-order valence-corrected chi connectivity index (χ4v) is 2.33. The summed E-state index contributed by atoms with van der Waals surface area (Å²) in [6.07, 6.45) is 4.07. The van der Waals surface area contributed by atoms with Crippen molar-refractivity contribution in [3.63, 3.8) is 0 Å². The highest BCUT2D eigenvalue weighted by molar-refractivity contribution is 6.44. The van der Waals surface area contributed by atoms with Crippen molar-refractivity contribution in [1.82, 2.24) is 5.32 Å². The first-order chi connectivity index (χ1) is 9.86. The number of halogens is 2. The van der Waals surface area contributed by atoms with Crippen molar-refractivity contribution in [3.05, 3.63) is 37.9 Å². The molecule has 0 aliphatic carbocycles. The molecule has 0 spiro atoms. The van der Waals surface area contributed by atoms with Gasteiger partial charge < -0.3 is 5.32 Å². The molecule has 0 fully saturated rings. The number of hydrogen-bond acceptors (Lipinski definition) is 3. The molecule has 1 aromatic rings. The smallest absolute Gasteiger partial charge is 0.271 e. The summed E-state index contributed by atoms with van der Waals surface area (Å²) in [5.41, 5.74) is -0.230. The fraction of sp³-hybridized carbons (Fsp3) is 0.500. The Kier molecular flexibility index (Phi) is 6.92. The minimum absolute atomic E-state index is 0.00495. The normalized spacial score (nSPS) is 12.0. The van der Waals surface area contributed by atoms with Crippen LogP contribution >= 0.6 is 23.2 Å². The summed E-state index contributed by atoms with van der Waals surface area (Å²) in [6, 6.07) is 2.24. The van der Waals surface area contributed by atoms with Crippen LogP contribution in [-0.4, -0.2) is 16.9 Å². The van der Waals surface area contributed by atoms with Crippen LogP contribution in [0.5, 0.6) is 0 Å². The molecule has 1 N–H and O–H groups in total. The number of rotatable bonds is 7. The maximum atomic E-state index is 12.2. The Bertz CT molecular complexity index is 535. The monoisotopic (exact) mass is 332 g/mol. The van der Waals surface area contributed by atoms with E-state index in [9.17, 15) is 14.9 Å². The topological polar surface area (TPSA) is 72.2 Å². The molecular weight excluding hydrogens is 315 g/mol. The minimum Gasteiger partial charge on any atom is -0.350 e. The second kappa shape index (κ2) is 8.20. The molecule has 1 atom stereocenters. The lowest BCUT2D eigenvalue weighted by Gasteiger charge is -2.14. The van der Waals surface area contributed by atoms with Crippen LogP contribution in [0.2, 0.25) is 10.0 Å². The summed E-state index contributed by atoms with van der Waals surface area (Å²) in [7, 11) is 0. The Morgan fingerprint density at radius 3 is 2.62 bits per heavy atom. The number of carbonyl (C=O) groups excluding carboxylic acids is 1. The van der Waals surface area contributed by atoms with Gasteiger partial charge in [-0.25, -0.2) is 0 Å². The number of nitrogens with one attached hydrogen (secondary N) is 1. The second-order valence-corrected chi connectivity index (χ2v) is 5.70. The molecule has 116 valence electrons. The molecule has 1 aromatic carbocycles. The van der Waals surface area contributed by atoms with Crippen molar-refractivity contribution >= 4 is 34.8 Å². The predicted octanol–water partition coefficient (Wildman–Crippen LogP) is 4.60. The van der Waals surface area contributed by atoms with Crippen LogP contribution in [0.15, 0.2) is 12.1 Å². The van der Waals surface area contributed by atoms with Crippen molar-refractivity contribution in [1.29, 1.82) is 0 Å². The van der Waals surface area contributed by atoms with Crippen LogP contribution in [0, 0.1) is 10.1 Å². The van der Waals surface area contributed by atoms with Gasteiger partial charge in [0.25, 0.3) is 11.6 Å². The van der Waals surface area contributed by atoms with Gasteiger partial charge in [-0.05, 0) is 13.3 Å². The van der Waals surface area contributed by atoms with Gasteiger partial charge in [0.15, 0.2) is 0 Å². The number of non-ortho nitro benzene ring substituents is 1. The molecule has 1 unspecified atom stereocenters. The number of benzene rings is 1. The van der Waals surface area contributed by atoms with E-state index in [1.54, 1.807) is 0 Å². The second-order valence-electron chi connectivity index (χ2n) is 4.92. The Hall–Kier alpha value is -1.33. The standard InChI is InChI=1S/C14H18Cl2N2O3/c1-3-4-5-6-9(2)17-14(19)11-7-10(18(20)21)8-12(15)13(11)16/h7-9H,3-6H2,1-2H3,(H,17,19). The summed E-state index contributed by atoms with van der Waals surface area (Å²) >= 11 is 11.8. The third-order valence-electron chi connectivity index (χ3n) is 3.09. The number of nitro groups is 1. The molecule has 0 aromatic heterocycles. The number of unbranched alkanes of at least 4 members (excludes halogenated alkanes) is 2. The summed E-state index contributed by atoms with van der Waals surface area (Å²) < 4.78 is 0. The summed E-state index contributed by atoms with van der Waals surface area (Å²) in [5, 5.41) is 13.6. The lowest BCUT2D eigenvalue weighted by atomic mass is 10.1. The molecule has 0 saturated heterocycles. The lowest BCUT2D eigenvalue weighted by Crippen LogP contribution is -2.32. The highest BCUT2D eigenvalue weighted by Crippen LogP contribution is 2.30. The van der Waals surface area contributed by atoms with Gasteiger partial charge in [0.1, 0.15) is 0 Å². The number of nitrogens with zero attached hydrogens (tertiary/aromatic N) is 1. The van der Waals surface area contributed by atoms with Crippen LogP contribution in [-0.2, 0) is 0 Å². The quantitative estimate of drug-likeness (QED) is 0.450. The molecule has 0 aliphatic rings. The van der Waals surface area contributed by atoms with Gasteiger partial charge in [0, 0.05) is 18.2 Å². The van der Waals surface area contributed by atoms with Gasteiger partial charge in [-0.3, -0.25) is 14.9 Å². The molecule has 0 saturated carbocycles. The van der Waals surface area contributed by atoms with E-state index in [4.69, 9.17) is 23.2 Å². The van der Waals surface area contributed by atoms with E-state index in [2.05, 4.69) is 12.2 Å².